The molecule has 3 aromatic rings. The van der Waals surface area contributed by atoms with Gasteiger partial charge in [0.25, 0.3) is 0 Å². The lowest BCUT2D eigenvalue weighted by Crippen LogP contribution is -2.17. The Morgan fingerprint density at radius 3 is 2.52 bits per heavy atom. The Kier molecular flexibility index (Phi) is 2.65. The normalized spacial score (nSPS) is 14.7. The summed E-state index contributed by atoms with van der Waals surface area (Å²) in [6.45, 7) is 0. The third-order valence-electron chi connectivity index (χ3n) is 4.89. The standard InChI is InChI=1S/C23H16/c1-2-6-16(7-3-1)20-13-11-18-12-14-21-19-9-5-4-8-17(19)10-15-22(21)23(18)20/h1-7,9-15H,8H2. The third-order valence-corrected chi connectivity index (χ3v) is 4.89. The topological polar surface area (TPSA) is 0 Å². The SMILES string of the molecule is C1=CCc2ccc3c4c(ccc3c2=C1)C=CC=4c1ccccc1. The zero-order chi connectivity index (χ0) is 15.2. The highest BCUT2D eigenvalue weighted by molar-refractivity contribution is 5.96. The fourth-order valence-electron chi connectivity index (χ4n) is 3.78. The highest BCUT2D eigenvalue weighted by Crippen LogP contribution is 2.22. The summed E-state index contributed by atoms with van der Waals surface area (Å²) in [5.41, 5.74) is 5.36. The van der Waals surface area contributed by atoms with Crippen molar-refractivity contribution in [1.82, 2.24) is 0 Å². The summed E-state index contributed by atoms with van der Waals surface area (Å²) >= 11 is 0. The molecule has 2 aliphatic rings. The van der Waals surface area contributed by atoms with Crippen LogP contribution >= 0.6 is 0 Å². The van der Waals surface area contributed by atoms with Crippen LogP contribution in [0.2, 0.25) is 0 Å². The van der Waals surface area contributed by atoms with Crippen molar-refractivity contribution >= 4 is 28.5 Å². The van der Waals surface area contributed by atoms with Gasteiger partial charge >= 0.3 is 0 Å². The highest BCUT2D eigenvalue weighted by atomic mass is 14.2. The molecule has 0 amide bonds. The summed E-state index contributed by atoms with van der Waals surface area (Å²) in [5, 5.41) is 5.48. The molecule has 23 heavy (non-hydrogen) atoms. The van der Waals surface area contributed by atoms with Crippen LogP contribution in [0.15, 0.2) is 72.8 Å². The number of allylic oxidation sites excluding steroid dienone is 3. The third kappa shape index (κ3) is 1.85. The second kappa shape index (κ2) is 4.82. The molecule has 0 spiro atoms. The average molecular weight is 292 g/mol. The van der Waals surface area contributed by atoms with Gasteiger partial charge in [-0.15, -0.1) is 0 Å². The summed E-state index contributed by atoms with van der Waals surface area (Å²) in [6, 6.07) is 19.8. The van der Waals surface area contributed by atoms with Gasteiger partial charge in [0.1, 0.15) is 0 Å². The van der Waals surface area contributed by atoms with Crippen LogP contribution < -0.4 is 10.4 Å². The quantitative estimate of drug-likeness (QED) is 0.637. The van der Waals surface area contributed by atoms with Crippen molar-refractivity contribution in [3.8, 4) is 0 Å². The molecule has 0 aliphatic heterocycles. The van der Waals surface area contributed by atoms with Crippen molar-refractivity contribution in [1.29, 1.82) is 0 Å². The molecular formula is C23H16. The minimum absolute atomic E-state index is 1.03. The van der Waals surface area contributed by atoms with Gasteiger partial charge in [0.05, 0.1) is 0 Å². The van der Waals surface area contributed by atoms with Crippen LogP contribution in [0.4, 0.5) is 0 Å². The lowest BCUT2D eigenvalue weighted by atomic mass is 9.94. The first kappa shape index (κ1) is 12.7. The molecule has 0 nitrogen and oxygen atoms in total. The molecule has 0 atom stereocenters. The minimum Gasteiger partial charge on any atom is -0.0801 e. The van der Waals surface area contributed by atoms with Crippen molar-refractivity contribution in [2.75, 3.05) is 0 Å². The molecule has 0 fully saturated rings. The predicted molar refractivity (Wildman–Crippen MR) is 98.5 cm³/mol. The van der Waals surface area contributed by atoms with E-state index in [9.17, 15) is 0 Å². The molecular weight excluding hydrogens is 276 g/mol. The summed E-state index contributed by atoms with van der Waals surface area (Å²) in [4.78, 5) is 0. The van der Waals surface area contributed by atoms with E-state index in [2.05, 4.69) is 85.0 Å². The highest BCUT2D eigenvalue weighted by Gasteiger charge is 2.12. The van der Waals surface area contributed by atoms with Gasteiger partial charge in [0.15, 0.2) is 0 Å². The summed E-state index contributed by atoms with van der Waals surface area (Å²) in [5.74, 6) is 0. The van der Waals surface area contributed by atoms with Crippen molar-refractivity contribution in [3.05, 3.63) is 100.0 Å². The Morgan fingerprint density at radius 1 is 0.739 bits per heavy atom. The Balaban J connectivity index is 1.96. The molecule has 0 unspecified atom stereocenters. The Hall–Kier alpha value is -2.86. The van der Waals surface area contributed by atoms with Crippen LogP contribution in [0.25, 0.3) is 28.5 Å². The summed E-state index contributed by atoms with van der Waals surface area (Å²) in [6.07, 6.45) is 12.2. The van der Waals surface area contributed by atoms with Crippen molar-refractivity contribution in [2.24, 2.45) is 0 Å². The Labute approximate surface area is 135 Å². The van der Waals surface area contributed by atoms with Crippen molar-refractivity contribution in [2.45, 2.75) is 6.42 Å². The van der Waals surface area contributed by atoms with Gasteiger partial charge in [-0.1, -0.05) is 85.0 Å². The second-order valence-corrected chi connectivity index (χ2v) is 6.18. The molecule has 0 radical (unpaired) electrons. The first-order valence-electron chi connectivity index (χ1n) is 8.11. The largest absolute Gasteiger partial charge is 0.0801 e. The molecule has 0 heterocycles. The fourth-order valence-corrected chi connectivity index (χ4v) is 3.78. The summed E-state index contributed by atoms with van der Waals surface area (Å²) < 4.78 is 0. The maximum atomic E-state index is 2.30. The zero-order valence-electron chi connectivity index (χ0n) is 12.8. The molecule has 0 saturated heterocycles. The van der Waals surface area contributed by atoms with Gasteiger partial charge in [0, 0.05) is 0 Å². The molecule has 0 aromatic heterocycles. The van der Waals surface area contributed by atoms with Gasteiger partial charge in [0.2, 0.25) is 0 Å². The van der Waals surface area contributed by atoms with E-state index in [4.69, 9.17) is 0 Å². The van der Waals surface area contributed by atoms with E-state index >= 15 is 0 Å². The van der Waals surface area contributed by atoms with Crippen LogP contribution in [-0.2, 0) is 6.42 Å². The Bertz CT molecular complexity index is 1110. The van der Waals surface area contributed by atoms with Crippen LogP contribution in [-0.4, -0.2) is 0 Å². The van der Waals surface area contributed by atoms with Crippen molar-refractivity contribution in [3.63, 3.8) is 0 Å². The first-order chi connectivity index (χ1) is 11.4. The van der Waals surface area contributed by atoms with Crippen molar-refractivity contribution < 1.29 is 0 Å². The molecule has 108 valence electrons. The minimum atomic E-state index is 1.03. The first-order valence-corrected chi connectivity index (χ1v) is 8.11. The van der Waals surface area contributed by atoms with Crippen LogP contribution in [0, 0.1) is 0 Å². The van der Waals surface area contributed by atoms with E-state index in [0.717, 1.165) is 6.42 Å². The van der Waals surface area contributed by atoms with E-state index in [1.165, 1.54) is 43.5 Å². The lowest BCUT2D eigenvalue weighted by molar-refractivity contribution is 1.24. The monoisotopic (exact) mass is 292 g/mol. The van der Waals surface area contributed by atoms with E-state index in [0.29, 0.717) is 0 Å². The lowest BCUT2D eigenvalue weighted by Gasteiger charge is -2.10. The number of benzene rings is 3. The van der Waals surface area contributed by atoms with Gasteiger partial charge in [-0.05, 0) is 49.9 Å². The fraction of sp³-hybridized carbons (Fsp3) is 0.0435. The molecule has 0 bridgehead atoms. The van der Waals surface area contributed by atoms with E-state index in [1.54, 1.807) is 0 Å². The maximum Gasteiger partial charge on any atom is -0.00266 e. The smallest absolute Gasteiger partial charge is 0.00266 e. The van der Waals surface area contributed by atoms with Gasteiger partial charge in [-0.2, -0.15) is 0 Å². The van der Waals surface area contributed by atoms with E-state index in [1.807, 2.05) is 0 Å². The van der Waals surface area contributed by atoms with E-state index < -0.39 is 0 Å². The molecule has 3 aromatic carbocycles. The summed E-state index contributed by atoms with van der Waals surface area (Å²) in [7, 11) is 0. The van der Waals surface area contributed by atoms with E-state index in [-0.39, 0.29) is 0 Å². The van der Waals surface area contributed by atoms with Crippen LogP contribution in [0.3, 0.4) is 0 Å². The van der Waals surface area contributed by atoms with Crippen LogP contribution in [0.1, 0.15) is 16.7 Å². The van der Waals surface area contributed by atoms with Gasteiger partial charge in [-0.25, -0.2) is 0 Å². The number of rotatable bonds is 1. The number of hydrogen-bond acceptors (Lipinski definition) is 0. The molecule has 0 N–H and O–H groups in total. The zero-order valence-corrected chi connectivity index (χ0v) is 12.8. The number of hydrogen-bond donors (Lipinski definition) is 0. The Morgan fingerprint density at radius 2 is 1.61 bits per heavy atom. The molecule has 5 rings (SSSR count). The molecule has 0 heteroatoms. The number of fused-ring (bicyclic) bond motifs is 5. The van der Waals surface area contributed by atoms with Gasteiger partial charge in [-0.3, -0.25) is 0 Å². The average Bonchev–Trinajstić information content (AvgIpc) is 3.06. The molecule has 0 saturated carbocycles. The molecule has 2 aliphatic carbocycles. The van der Waals surface area contributed by atoms with Gasteiger partial charge < -0.3 is 0 Å². The van der Waals surface area contributed by atoms with Crippen LogP contribution in [0.5, 0.6) is 0 Å². The maximum absolute atomic E-state index is 2.30. The predicted octanol–water partition coefficient (Wildman–Crippen LogP) is 3.96. The second-order valence-electron chi connectivity index (χ2n) is 6.18.